The topological polar surface area (TPSA) is 46.9 Å². The van der Waals surface area contributed by atoms with Crippen molar-refractivity contribution in [2.75, 3.05) is 7.05 Å². The van der Waals surface area contributed by atoms with Gasteiger partial charge < -0.3 is 5.32 Å². The lowest BCUT2D eigenvalue weighted by molar-refractivity contribution is -0.124. The van der Waals surface area contributed by atoms with Crippen molar-refractivity contribution in [3.05, 3.63) is 76.6 Å². The summed E-state index contributed by atoms with van der Waals surface area (Å²) in [6.45, 7) is 0. The van der Waals surface area contributed by atoms with Crippen LogP contribution in [0.15, 0.2) is 65.3 Å². The zero-order chi connectivity index (χ0) is 17.8. The molecule has 1 unspecified atom stereocenters. The van der Waals surface area contributed by atoms with Crippen molar-refractivity contribution in [1.29, 1.82) is 0 Å². The average Bonchev–Trinajstić information content (AvgIpc) is 3.09. The fraction of sp³-hybridized carbons (Fsp3) is 0.158. The number of halogens is 2. The van der Waals surface area contributed by atoms with Gasteiger partial charge in [-0.15, -0.1) is 0 Å². The molecule has 3 rings (SSSR count). The van der Waals surface area contributed by atoms with Gasteiger partial charge in [-0.05, 0) is 29.8 Å². The Kier molecular flexibility index (Phi) is 5.28. The van der Waals surface area contributed by atoms with Crippen molar-refractivity contribution in [2.24, 2.45) is 0 Å². The summed E-state index contributed by atoms with van der Waals surface area (Å²) < 4.78 is 15.9. The van der Waals surface area contributed by atoms with E-state index in [9.17, 15) is 9.18 Å². The van der Waals surface area contributed by atoms with Gasteiger partial charge in [-0.25, -0.2) is 4.39 Å². The quantitative estimate of drug-likeness (QED) is 0.702. The van der Waals surface area contributed by atoms with Gasteiger partial charge in [-0.3, -0.25) is 9.48 Å². The van der Waals surface area contributed by atoms with Gasteiger partial charge in [-0.2, -0.15) is 5.10 Å². The summed E-state index contributed by atoms with van der Waals surface area (Å²) in [5.74, 6) is -0.520. The third kappa shape index (κ3) is 4.14. The Bertz CT molecular complexity index is 859. The molecule has 1 atom stereocenters. The zero-order valence-electron chi connectivity index (χ0n) is 13.6. The molecule has 0 bridgehead atoms. The van der Waals surface area contributed by atoms with Crippen molar-refractivity contribution in [3.8, 4) is 11.3 Å². The number of likely N-dealkylation sites (N-methyl/N-ethyl adjacent to an activating group) is 1. The summed E-state index contributed by atoms with van der Waals surface area (Å²) in [5.41, 5.74) is 2.48. The van der Waals surface area contributed by atoms with E-state index in [2.05, 4.69) is 26.3 Å². The molecule has 4 nitrogen and oxygen atoms in total. The molecule has 1 amide bonds. The second-order valence-electron chi connectivity index (χ2n) is 5.66. The van der Waals surface area contributed by atoms with Gasteiger partial charge in [0.05, 0.1) is 5.69 Å². The van der Waals surface area contributed by atoms with Gasteiger partial charge in [0.25, 0.3) is 0 Å². The fourth-order valence-corrected chi connectivity index (χ4v) is 3.21. The van der Waals surface area contributed by atoms with Crippen LogP contribution in [0, 0.1) is 5.82 Å². The molecule has 0 saturated heterocycles. The lowest BCUT2D eigenvalue weighted by Gasteiger charge is -2.16. The standard InChI is InChI=1S/C19H17BrFN3O/c1-22-19(25)18(11-13-9-15(20)12-16(21)10-13)24-8-7-17(23-24)14-5-3-2-4-6-14/h2-10,12,18H,11H2,1H3,(H,22,25). The van der Waals surface area contributed by atoms with Gasteiger partial charge in [-0.1, -0.05) is 46.3 Å². The number of carbonyl (C=O) groups excluding carboxylic acids is 1. The van der Waals surface area contributed by atoms with Crippen LogP contribution < -0.4 is 5.32 Å². The molecule has 25 heavy (non-hydrogen) atoms. The predicted octanol–water partition coefficient (Wildman–Crippen LogP) is 3.98. The maximum Gasteiger partial charge on any atom is 0.244 e. The van der Waals surface area contributed by atoms with Crippen molar-refractivity contribution in [3.63, 3.8) is 0 Å². The summed E-state index contributed by atoms with van der Waals surface area (Å²) in [6.07, 6.45) is 2.11. The number of rotatable bonds is 5. The molecule has 1 aromatic heterocycles. The first-order valence-corrected chi connectivity index (χ1v) is 8.63. The molecule has 2 aromatic carbocycles. The van der Waals surface area contributed by atoms with Crippen LogP contribution in [-0.4, -0.2) is 22.7 Å². The molecule has 1 heterocycles. The monoisotopic (exact) mass is 401 g/mol. The maximum atomic E-state index is 13.6. The Morgan fingerprint density at radius 3 is 2.68 bits per heavy atom. The third-order valence-electron chi connectivity index (χ3n) is 3.90. The number of nitrogens with zero attached hydrogens (tertiary/aromatic N) is 2. The number of aromatic nitrogens is 2. The van der Waals surface area contributed by atoms with Crippen molar-refractivity contribution < 1.29 is 9.18 Å². The Morgan fingerprint density at radius 2 is 2.00 bits per heavy atom. The number of carbonyl (C=O) groups is 1. The van der Waals surface area contributed by atoms with Crippen molar-refractivity contribution in [2.45, 2.75) is 12.5 Å². The Hall–Kier alpha value is -2.47. The second-order valence-corrected chi connectivity index (χ2v) is 6.57. The minimum absolute atomic E-state index is 0.178. The number of hydrogen-bond acceptors (Lipinski definition) is 2. The van der Waals surface area contributed by atoms with Crippen LogP contribution >= 0.6 is 15.9 Å². The van der Waals surface area contributed by atoms with Gasteiger partial charge in [0.15, 0.2) is 0 Å². The van der Waals surface area contributed by atoms with Crippen LogP contribution in [0.5, 0.6) is 0 Å². The number of benzene rings is 2. The highest BCUT2D eigenvalue weighted by atomic mass is 79.9. The van der Waals surface area contributed by atoms with E-state index in [0.717, 1.165) is 16.8 Å². The van der Waals surface area contributed by atoms with Gasteiger partial charge in [0, 0.05) is 29.7 Å². The van der Waals surface area contributed by atoms with Crippen molar-refractivity contribution in [1.82, 2.24) is 15.1 Å². The molecular weight excluding hydrogens is 385 g/mol. The minimum atomic E-state index is -0.559. The van der Waals surface area contributed by atoms with E-state index in [4.69, 9.17) is 0 Å². The summed E-state index contributed by atoms with van der Waals surface area (Å²) in [4.78, 5) is 12.4. The van der Waals surface area contributed by atoms with Gasteiger partial charge >= 0.3 is 0 Å². The highest BCUT2D eigenvalue weighted by molar-refractivity contribution is 9.10. The molecule has 0 aliphatic heterocycles. The molecular formula is C19H17BrFN3O. The van der Waals surface area contributed by atoms with Crippen molar-refractivity contribution >= 4 is 21.8 Å². The summed E-state index contributed by atoms with van der Waals surface area (Å²) in [7, 11) is 1.58. The first kappa shape index (κ1) is 17.4. The van der Waals surface area contributed by atoms with E-state index in [0.29, 0.717) is 10.9 Å². The first-order valence-electron chi connectivity index (χ1n) is 7.84. The summed E-state index contributed by atoms with van der Waals surface area (Å²) >= 11 is 3.28. The zero-order valence-corrected chi connectivity index (χ0v) is 15.2. The SMILES string of the molecule is CNC(=O)C(Cc1cc(F)cc(Br)c1)n1ccc(-c2ccccc2)n1. The van der Waals surface area contributed by atoms with E-state index < -0.39 is 6.04 Å². The van der Waals surface area contributed by atoms with E-state index in [1.807, 2.05) is 36.4 Å². The number of amides is 1. The Labute approximate surface area is 153 Å². The molecule has 0 saturated carbocycles. The minimum Gasteiger partial charge on any atom is -0.357 e. The lowest BCUT2D eigenvalue weighted by atomic mass is 10.1. The molecule has 0 radical (unpaired) electrons. The van der Waals surface area contributed by atoms with E-state index in [1.54, 1.807) is 24.0 Å². The molecule has 128 valence electrons. The second kappa shape index (κ2) is 7.61. The third-order valence-corrected chi connectivity index (χ3v) is 4.36. The highest BCUT2D eigenvalue weighted by Crippen LogP contribution is 2.22. The first-order chi connectivity index (χ1) is 12.1. The normalized spacial score (nSPS) is 12.0. The fourth-order valence-electron chi connectivity index (χ4n) is 2.70. The molecule has 1 N–H and O–H groups in total. The van der Waals surface area contributed by atoms with Crippen LogP contribution in [0.1, 0.15) is 11.6 Å². The van der Waals surface area contributed by atoms with Crippen LogP contribution in [0.25, 0.3) is 11.3 Å². The predicted molar refractivity (Wildman–Crippen MR) is 98.6 cm³/mol. The Morgan fingerprint density at radius 1 is 1.24 bits per heavy atom. The maximum absolute atomic E-state index is 13.6. The largest absolute Gasteiger partial charge is 0.357 e. The van der Waals surface area contributed by atoms with Crippen LogP contribution in [0.2, 0.25) is 0 Å². The lowest BCUT2D eigenvalue weighted by Crippen LogP contribution is -2.31. The van der Waals surface area contributed by atoms with E-state index in [1.165, 1.54) is 12.1 Å². The van der Waals surface area contributed by atoms with Crippen LogP contribution in [-0.2, 0) is 11.2 Å². The molecule has 0 aliphatic carbocycles. The van der Waals surface area contributed by atoms with Gasteiger partial charge in [0.1, 0.15) is 11.9 Å². The average molecular weight is 402 g/mol. The molecule has 0 spiro atoms. The smallest absolute Gasteiger partial charge is 0.244 e. The molecule has 0 aliphatic rings. The van der Waals surface area contributed by atoms with Crippen LogP contribution in [0.3, 0.4) is 0 Å². The Balaban J connectivity index is 1.91. The number of nitrogens with one attached hydrogen (secondary N) is 1. The van der Waals surface area contributed by atoms with Gasteiger partial charge in [0.2, 0.25) is 5.91 Å². The van der Waals surface area contributed by atoms with E-state index >= 15 is 0 Å². The molecule has 6 heteroatoms. The number of hydrogen-bond donors (Lipinski definition) is 1. The molecule has 3 aromatic rings. The van der Waals surface area contributed by atoms with Crippen LogP contribution in [0.4, 0.5) is 4.39 Å². The van der Waals surface area contributed by atoms with E-state index in [-0.39, 0.29) is 11.7 Å². The summed E-state index contributed by atoms with van der Waals surface area (Å²) in [6, 6.07) is 15.7. The highest BCUT2D eigenvalue weighted by Gasteiger charge is 2.21. The molecule has 0 fully saturated rings. The summed E-state index contributed by atoms with van der Waals surface area (Å²) in [5, 5.41) is 7.20.